The lowest BCUT2D eigenvalue weighted by atomic mass is 10.0. The summed E-state index contributed by atoms with van der Waals surface area (Å²) in [6, 6.07) is 16.6. The fourth-order valence-electron chi connectivity index (χ4n) is 3.71. The van der Waals surface area contributed by atoms with E-state index in [1.807, 2.05) is 6.07 Å². The highest BCUT2D eigenvalue weighted by Crippen LogP contribution is 2.21. The van der Waals surface area contributed by atoms with Crippen molar-refractivity contribution in [3.05, 3.63) is 118 Å². The van der Waals surface area contributed by atoms with Gasteiger partial charge in [0.25, 0.3) is 0 Å². The van der Waals surface area contributed by atoms with E-state index in [4.69, 9.17) is 0 Å². The van der Waals surface area contributed by atoms with Gasteiger partial charge in [-0.1, -0.05) is 61.6 Å². The Kier molecular flexibility index (Phi) is 7.54. The fraction of sp³-hybridized carbons (Fsp3) is 0.161. The van der Waals surface area contributed by atoms with E-state index in [0.29, 0.717) is 16.5 Å². The van der Waals surface area contributed by atoms with Gasteiger partial charge in [-0.3, -0.25) is 0 Å². The molecule has 0 fully saturated rings. The molecule has 0 atom stereocenters. The van der Waals surface area contributed by atoms with E-state index < -0.39 is 17.5 Å². The summed E-state index contributed by atoms with van der Waals surface area (Å²) >= 11 is 0. The first-order valence-electron chi connectivity index (χ1n) is 11.4. The number of unbranched alkanes of at least 4 members (excludes halogenated alkanes) is 2. The molecule has 0 radical (unpaired) electrons. The van der Waals surface area contributed by atoms with Crippen molar-refractivity contribution >= 4 is 10.8 Å². The summed E-state index contributed by atoms with van der Waals surface area (Å²) in [7, 11) is 0. The Balaban J connectivity index is 1.50. The predicted molar refractivity (Wildman–Crippen MR) is 132 cm³/mol. The van der Waals surface area contributed by atoms with Gasteiger partial charge in [0.2, 0.25) is 0 Å². The van der Waals surface area contributed by atoms with Crippen LogP contribution in [0.3, 0.4) is 0 Å². The van der Waals surface area contributed by atoms with Crippen molar-refractivity contribution in [3.63, 3.8) is 0 Å². The first-order chi connectivity index (χ1) is 16.9. The number of hydrogen-bond acceptors (Lipinski definition) is 0. The molecule has 0 bridgehead atoms. The number of halogens is 4. The highest BCUT2D eigenvalue weighted by atomic mass is 19.2. The second kappa shape index (κ2) is 10.9. The van der Waals surface area contributed by atoms with Gasteiger partial charge < -0.3 is 0 Å². The molecule has 0 N–H and O–H groups in total. The lowest BCUT2D eigenvalue weighted by Crippen LogP contribution is -1.91. The van der Waals surface area contributed by atoms with Gasteiger partial charge in [0.05, 0.1) is 11.1 Å². The van der Waals surface area contributed by atoms with Gasteiger partial charge in [0.1, 0.15) is 11.6 Å². The fourth-order valence-corrected chi connectivity index (χ4v) is 3.71. The highest BCUT2D eigenvalue weighted by Gasteiger charge is 2.07. The van der Waals surface area contributed by atoms with Gasteiger partial charge in [-0.25, -0.2) is 17.6 Å². The Morgan fingerprint density at radius 3 is 1.94 bits per heavy atom. The second-order valence-electron chi connectivity index (χ2n) is 8.26. The molecule has 0 unspecified atom stereocenters. The lowest BCUT2D eigenvalue weighted by molar-refractivity contribution is 0.517. The quantitative estimate of drug-likeness (QED) is 0.161. The first kappa shape index (κ1) is 24.1. The van der Waals surface area contributed by atoms with E-state index >= 15 is 0 Å². The summed E-state index contributed by atoms with van der Waals surface area (Å²) in [4.78, 5) is 0. The monoisotopic (exact) mass is 470 g/mol. The molecule has 0 amide bonds. The molecule has 0 nitrogen and oxygen atoms in total. The van der Waals surface area contributed by atoms with Crippen LogP contribution in [0.4, 0.5) is 17.6 Å². The second-order valence-corrected chi connectivity index (χ2v) is 8.26. The molecule has 0 aliphatic heterocycles. The average Bonchev–Trinajstić information content (AvgIpc) is 2.85. The Morgan fingerprint density at radius 1 is 0.600 bits per heavy atom. The number of fused-ring (bicyclic) bond motifs is 1. The minimum Gasteiger partial charge on any atom is -0.206 e. The van der Waals surface area contributed by atoms with Crippen LogP contribution >= 0.6 is 0 Å². The van der Waals surface area contributed by atoms with Crippen LogP contribution in [-0.4, -0.2) is 0 Å². The molecule has 0 spiro atoms. The molecule has 0 heterocycles. The molecular weight excluding hydrogens is 448 g/mol. The minimum atomic E-state index is -0.913. The predicted octanol–water partition coefficient (Wildman–Crippen LogP) is 7.93. The normalized spacial score (nSPS) is 10.4. The first-order valence-corrected chi connectivity index (χ1v) is 11.4. The van der Waals surface area contributed by atoms with E-state index in [-0.39, 0.29) is 22.3 Å². The van der Waals surface area contributed by atoms with E-state index in [9.17, 15) is 17.6 Å². The molecule has 4 aromatic rings. The largest absolute Gasteiger partial charge is 0.206 e. The Labute approximate surface area is 202 Å². The summed E-state index contributed by atoms with van der Waals surface area (Å²) in [5.41, 5.74) is 2.33. The molecule has 0 saturated heterocycles. The number of hydrogen-bond donors (Lipinski definition) is 0. The van der Waals surface area contributed by atoms with Gasteiger partial charge in [-0.15, -0.1) is 0 Å². The highest BCUT2D eigenvalue weighted by molar-refractivity contribution is 5.84. The van der Waals surface area contributed by atoms with Crippen molar-refractivity contribution in [2.24, 2.45) is 0 Å². The summed E-state index contributed by atoms with van der Waals surface area (Å²) in [6.07, 6.45) is 4.08. The molecule has 4 rings (SSSR count). The van der Waals surface area contributed by atoms with Crippen LogP contribution in [0.5, 0.6) is 0 Å². The molecular formula is C31H22F4. The third-order valence-electron chi connectivity index (χ3n) is 5.66. The average molecular weight is 471 g/mol. The molecule has 0 aliphatic carbocycles. The zero-order valence-corrected chi connectivity index (χ0v) is 19.2. The van der Waals surface area contributed by atoms with Gasteiger partial charge in [0.15, 0.2) is 11.6 Å². The molecule has 174 valence electrons. The van der Waals surface area contributed by atoms with Gasteiger partial charge in [-0.05, 0) is 72.3 Å². The van der Waals surface area contributed by atoms with E-state index in [1.54, 1.807) is 24.3 Å². The molecule has 0 aliphatic rings. The van der Waals surface area contributed by atoms with E-state index in [0.717, 1.165) is 37.3 Å². The van der Waals surface area contributed by atoms with Gasteiger partial charge in [-0.2, -0.15) is 0 Å². The summed E-state index contributed by atoms with van der Waals surface area (Å²) in [5.74, 6) is 8.41. The third-order valence-corrected chi connectivity index (χ3v) is 5.66. The Hall–Kier alpha value is -4.02. The van der Waals surface area contributed by atoms with Gasteiger partial charge in [0, 0.05) is 16.5 Å². The molecule has 4 heteroatoms. The lowest BCUT2D eigenvalue weighted by Gasteiger charge is -2.02. The molecule has 4 aromatic carbocycles. The Morgan fingerprint density at radius 2 is 1.26 bits per heavy atom. The van der Waals surface area contributed by atoms with Crippen molar-refractivity contribution in [2.75, 3.05) is 0 Å². The molecule has 0 saturated carbocycles. The maximum Gasteiger partial charge on any atom is 0.166 e. The summed E-state index contributed by atoms with van der Waals surface area (Å²) in [5, 5.41) is 0.662. The minimum absolute atomic E-state index is 0.159. The van der Waals surface area contributed by atoms with Crippen molar-refractivity contribution in [1.29, 1.82) is 0 Å². The SMILES string of the molecule is CCCCCc1ccc(C#Cc2ccc(C#Cc3ccc4c(F)c(F)ccc4c3)c(F)c2)c(F)c1. The van der Waals surface area contributed by atoms with Crippen LogP contribution < -0.4 is 0 Å². The van der Waals surface area contributed by atoms with Crippen molar-refractivity contribution in [2.45, 2.75) is 32.6 Å². The van der Waals surface area contributed by atoms with Crippen molar-refractivity contribution in [3.8, 4) is 23.7 Å². The zero-order chi connectivity index (χ0) is 24.8. The van der Waals surface area contributed by atoms with Crippen LogP contribution in [0.15, 0.2) is 66.7 Å². The van der Waals surface area contributed by atoms with Gasteiger partial charge >= 0.3 is 0 Å². The maximum absolute atomic E-state index is 14.6. The van der Waals surface area contributed by atoms with Crippen LogP contribution in [0, 0.1) is 47.0 Å². The van der Waals surface area contributed by atoms with Crippen molar-refractivity contribution < 1.29 is 17.6 Å². The number of benzene rings is 4. The number of rotatable bonds is 4. The number of aryl methyl sites for hydroxylation is 1. The smallest absolute Gasteiger partial charge is 0.166 e. The van der Waals surface area contributed by atoms with Crippen LogP contribution in [0.2, 0.25) is 0 Å². The zero-order valence-electron chi connectivity index (χ0n) is 19.2. The molecule has 0 aromatic heterocycles. The van der Waals surface area contributed by atoms with E-state index in [1.165, 1.54) is 30.3 Å². The standard InChI is InChI=1S/C31H22F4/c1-2-3-4-5-21-6-11-24(29(33)19-21)13-8-23-9-14-25(30(34)20-23)12-7-22-10-16-27-26(18-22)15-17-28(32)31(27)35/h6,9-11,14-20H,2-5H2,1H3. The molecule has 35 heavy (non-hydrogen) atoms. The Bertz CT molecular complexity index is 1510. The maximum atomic E-state index is 14.6. The van der Waals surface area contributed by atoms with Crippen LogP contribution in [0.1, 0.15) is 54.0 Å². The topological polar surface area (TPSA) is 0 Å². The van der Waals surface area contributed by atoms with Crippen LogP contribution in [0.25, 0.3) is 10.8 Å². The van der Waals surface area contributed by atoms with Crippen LogP contribution in [-0.2, 0) is 6.42 Å². The van der Waals surface area contributed by atoms with E-state index in [2.05, 4.69) is 30.6 Å². The summed E-state index contributed by atoms with van der Waals surface area (Å²) < 4.78 is 56.2. The summed E-state index contributed by atoms with van der Waals surface area (Å²) in [6.45, 7) is 2.12. The van der Waals surface area contributed by atoms with Crippen molar-refractivity contribution in [1.82, 2.24) is 0 Å². The third kappa shape index (κ3) is 5.92.